The number of aromatic nitrogens is 2. The van der Waals surface area contributed by atoms with Crippen molar-refractivity contribution in [1.82, 2.24) is 10.2 Å². The smallest absolute Gasteiger partial charge is 0.241 e. The fourth-order valence-corrected chi connectivity index (χ4v) is 0.921. The van der Waals surface area contributed by atoms with E-state index in [1.165, 1.54) is 6.08 Å². The van der Waals surface area contributed by atoms with E-state index in [-0.39, 0.29) is 0 Å². The minimum atomic E-state index is -0.446. The zero-order valence-corrected chi connectivity index (χ0v) is 6.87. The molecule has 0 saturated carbocycles. The first kappa shape index (κ1) is 8.52. The molecule has 1 aromatic rings. The summed E-state index contributed by atoms with van der Waals surface area (Å²) in [6, 6.07) is 0. The Morgan fingerprint density at radius 3 is 3.17 bits per heavy atom. The lowest BCUT2D eigenvalue weighted by Crippen LogP contribution is -2.05. The number of primary amides is 1. The molecule has 1 amide bonds. The van der Waals surface area contributed by atoms with Gasteiger partial charge in [0.2, 0.25) is 5.91 Å². The summed E-state index contributed by atoms with van der Waals surface area (Å²) in [5, 5.41) is 6.67. The van der Waals surface area contributed by atoms with Gasteiger partial charge in [0.25, 0.3) is 0 Å². The Labute approximate surface area is 70.5 Å². The normalized spacial score (nSPS) is 10.8. The molecule has 0 saturated heterocycles. The van der Waals surface area contributed by atoms with E-state index >= 15 is 0 Å². The van der Waals surface area contributed by atoms with Crippen molar-refractivity contribution >= 4 is 12.0 Å². The Balaban J connectivity index is 2.81. The molecule has 1 rings (SSSR count). The van der Waals surface area contributed by atoms with Gasteiger partial charge in [-0.05, 0) is 12.5 Å². The molecule has 0 atom stereocenters. The van der Waals surface area contributed by atoms with Crippen LogP contribution in [0.15, 0.2) is 12.3 Å². The Hall–Kier alpha value is -1.58. The zero-order valence-electron chi connectivity index (χ0n) is 6.87. The third kappa shape index (κ3) is 1.95. The van der Waals surface area contributed by atoms with Crippen LogP contribution in [0.2, 0.25) is 0 Å². The molecule has 64 valence electrons. The number of hydrogen-bond acceptors (Lipinski definition) is 2. The number of hydrogen-bond donors (Lipinski definition) is 2. The lowest BCUT2D eigenvalue weighted by Gasteiger charge is -1.90. The number of carbonyl (C=O) groups is 1. The molecule has 0 spiro atoms. The van der Waals surface area contributed by atoms with E-state index in [4.69, 9.17) is 5.73 Å². The van der Waals surface area contributed by atoms with Crippen LogP contribution >= 0.6 is 0 Å². The molecule has 4 nitrogen and oxygen atoms in total. The molecule has 0 aliphatic rings. The van der Waals surface area contributed by atoms with Crippen LogP contribution < -0.4 is 5.73 Å². The van der Waals surface area contributed by atoms with E-state index < -0.39 is 5.91 Å². The van der Waals surface area contributed by atoms with Gasteiger partial charge in [0.15, 0.2) is 0 Å². The van der Waals surface area contributed by atoms with Crippen LogP contribution in [-0.2, 0) is 11.2 Å². The summed E-state index contributed by atoms with van der Waals surface area (Å²) in [6.45, 7) is 2.01. The van der Waals surface area contributed by atoms with Crippen LogP contribution in [-0.4, -0.2) is 16.1 Å². The Morgan fingerprint density at radius 2 is 2.58 bits per heavy atom. The summed E-state index contributed by atoms with van der Waals surface area (Å²) in [7, 11) is 0. The van der Waals surface area contributed by atoms with Crippen molar-refractivity contribution in [2.45, 2.75) is 13.3 Å². The number of nitrogens with one attached hydrogen (secondary N) is 1. The Bertz CT molecular complexity index is 301. The summed E-state index contributed by atoms with van der Waals surface area (Å²) in [5.74, 6) is -0.446. The number of rotatable bonds is 3. The molecule has 0 aromatic carbocycles. The van der Waals surface area contributed by atoms with Gasteiger partial charge in [0.05, 0.1) is 6.20 Å². The topological polar surface area (TPSA) is 71.8 Å². The second-order valence-electron chi connectivity index (χ2n) is 2.39. The number of carbonyl (C=O) groups excluding carboxylic acids is 1. The van der Waals surface area contributed by atoms with Crippen molar-refractivity contribution in [1.29, 1.82) is 0 Å². The fourth-order valence-electron chi connectivity index (χ4n) is 0.921. The molecule has 1 aromatic heterocycles. The molecule has 4 heteroatoms. The Kier molecular flexibility index (Phi) is 2.63. The first-order valence-corrected chi connectivity index (χ1v) is 3.73. The van der Waals surface area contributed by atoms with Gasteiger partial charge in [-0.25, -0.2) is 0 Å². The molecular formula is C8H11N3O. The van der Waals surface area contributed by atoms with Gasteiger partial charge in [0, 0.05) is 17.3 Å². The van der Waals surface area contributed by atoms with Gasteiger partial charge in [-0.2, -0.15) is 5.10 Å². The summed E-state index contributed by atoms with van der Waals surface area (Å²) in [6.07, 6.45) is 5.51. The monoisotopic (exact) mass is 165 g/mol. The van der Waals surface area contributed by atoms with Crippen molar-refractivity contribution in [3.8, 4) is 0 Å². The maximum Gasteiger partial charge on any atom is 0.241 e. The minimum absolute atomic E-state index is 0.446. The van der Waals surface area contributed by atoms with Gasteiger partial charge >= 0.3 is 0 Å². The molecule has 0 unspecified atom stereocenters. The van der Waals surface area contributed by atoms with Gasteiger partial charge < -0.3 is 5.73 Å². The summed E-state index contributed by atoms with van der Waals surface area (Å²) < 4.78 is 0. The number of aryl methyl sites for hydroxylation is 1. The van der Waals surface area contributed by atoms with Crippen LogP contribution in [0.3, 0.4) is 0 Å². The fraction of sp³-hybridized carbons (Fsp3) is 0.250. The average Bonchev–Trinajstić information content (AvgIpc) is 2.47. The molecule has 1 heterocycles. The van der Waals surface area contributed by atoms with Crippen LogP contribution in [0.5, 0.6) is 0 Å². The van der Waals surface area contributed by atoms with Crippen LogP contribution in [0.4, 0.5) is 0 Å². The first-order valence-electron chi connectivity index (χ1n) is 3.73. The summed E-state index contributed by atoms with van der Waals surface area (Å²) in [5.41, 5.74) is 6.86. The number of H-pyrrole nitrogens is 1. The second kappa shape index (κ2) is 3.71. The molecule has 0 fully saturated rings. The van der Waals surface area contributed by atoms with Crippen molar-refractivity contribution < 1.29 is 4.79 Å². The first-order chi connectivity index (χ1) is 5.74. The number of nitrogens with zero attached hydrogens (tertiary/aromatic N) is 1. The van der Waals surface area contributed by atoms with Gasteiger partial charge in [-0.15, -0.1) is 0 Å². The van der Waals surface area contributed by atoms with E-state index in [0.29, 0.717) is 0 Å². The van der Waals surface area contributed by atoms with E-state index in [1.807, 2.05) is 6.92 Å². The maximum absolute atomic E-state index is 10.4. The third-order valence-electron chi connectivity index (χ3n) is 1.53. The molecule has 0 bridgehead atoms. The molecule has 0 radical (unpaired) electrons. The van der Waals surface area contributed by atoms with Crippen molar-refractivity contribution in [3.63, 3.8) is 0 Å². The van der Waals surface area contributed by atoms with Crippen LogP contribution in [0.1, 0.15) is 18.2 Å². The Morgan fingerprint density at radius 1 is 1.83 bits per heavy atom. The lowest BCUT2D eigenvalue weighted by atomic mass is 10.2. The number of nitrogens with two attached hydrogens (primary N) is 1. The van der Waals surface area contributed by atoms with E-state index in [9.17, 15) is 4.79 Å². The molecule has 12 heavy (non-hydrogen) atoms. The van der Waals surface area contributed by atoms with Crippen LogP contribution in [0, 0.1) is 0 Å². The van der Waals surface area contributed by atoms with Gasteiger partial charge in [-0.3, -0.25) is 9.89 Å². The second-order valence-corrected chi connectivity index (χ2v) is 2.39. The number of amides is 1. The largest absolute Gasteiger partial charge is 0.366 e. The molecule has 3 N–H and O–H groups in total. The third-order valence-corrected chi connectivity index (χ3v) is 1.53. The molecule has 0 aliphatic carbocycles. The average molecular weight is 165 g/mol. The van der Waals surface area contributed by atoms with Crippen molar-refractivity contribution in [2.24, 2.45) is 5.73 Å². The van der Waals surface area contributed by atoms with E-state index in [2.05, 4.69) is 10.2 Å². The highest BCUT2D eigenvalue weighted by atomic mass is 16.1. The summed E-state index contributed by atoms with van der Waals surface area (Å²) >= 11 is 0. The van der Waals surface area contributed by atoms with Crippen molar-refractivity contribution in [2.75, 3.05) is 0 Å². The quantitative estimate of drug-likeness (QED) is 0.639. The molecule has 0 aliphatic heterocycles. The van der Waals surface area contributed by atoms with Gasteiger partial charge in [-0.1, -0.05) is 6.92 Å². The predicted molar refractivity (Wildman–Crippen MR) is 46.2 cm³/mol. The van der Waals surface area contributed by atoms with Gasteiger partial charge in [0.1, 0.15) is 0 Å². The maximum atomic E-state index is 10.4. The SMILES string of the molecule is CCc1[nH]ncc1/C=C/C(N)=O. The summed E-state index contributed by atoms with van der Waals surface area (Å²) in [4.78, 5) is 10.4. The highest BCUT2D eigenvalue weighted by Crippen LogP contribution is 2.06. The molecular weight excluding hydrogens is 154 g/mol. The highest BCUT2D eigenvalue weighted by Gasteiger charge is 1.97. The zero-order chi connectivity index (χ0) is 8.97. The minimum Gasteiger partial charge on any atom is -0.366 e. The highest BCUT2D eigenvalue weighted by molar-refractivity contribution is 5.90. The standard InChI is InChI=1S/C8H11N3O/c1-2-7-6(5-10-11-7)3-4-8(9)12/h3-5H,2H2,1H3,(H2,9,12)(H,10,11)/b4-3+. The van der Waals surface area contributed by atoms with E-state index in [0.717, 1.165) is 17.7 Å². The van der Waals surface area contributed by atoms with E-state index in [1.54, 1.807) is 12.3 Å². The lowest BCUT2D eigenvalue weighted by molar-refractivity contribution is -0.113. The number of aromatic amines is 1. The predicted octanol–water partition coefficient (Wildman–Crippen LogP) is 0.471. The van der Waals surface area contributed by atoms with Crippen molar-refractivity contribution in [3.05, 3.63) is 23.5 Å². The van der Waals surface area contributed by atoms with Crippen LogP contribution in [0.25, 0.3) is 6.08 Å².